The third-order valence-electron chi connectivity index (χ3n) is 13.6. The monoisotopic (exact) mass is 814 g/mol. The highest BCUT2D eigenvalue weighted by Crippen LogP contribution is 2.44. The summed E-state index contributed by atoms with van der Waals surface area (Å²) in [4.78, 5) is 0. The molecule has 0 aliphatic heterocycles. The quantitative estimate of drug-likeness (QED) is 0.165. The van der Waals surface area contributed by atoms with Crippen LogP contribution in [0.1, 0.15) is 0 Å². The van der Waals surface area contributed by atoms with Crippen LogP contribution in [0.4, 0.5) is 0 Å². The molecule has 0 N–H and O–H groups in total. The van der Waals surface area contributed by atoms with Gasteiger partial charge in [0.1, 0.15) is 0 Å². The van der Waals surface area contributed by atoms with Gasteiger partial charge in [0.25, 0.3) is 0 Å². The maximum Gasteiger partial charge on any atom is 0.0562 e. The van der Waals surface area contributed by atoms with Crippen LogP contribution < -0.4 is 0 Å². The normalized spacial score (nSPS) is 12.1. The van der Waals surface area contributed by atoms with Crippen molar-refractivity contribution in [3.63, 3.8) is 0 Å². The average molecular weight is 815 g/mol. The van der Waals surface area contributed by atoms with Gasteiger partial charge in [-0.05, 0) is 84.9 Å². The minimum Gasteiger partial charge on any atom is -0.309 e. The van der Waals surface area contributed by atoms with Crippen LogP contribution in [0.2, 0.25) is 0 Å². The molecule has 0 radical (unpaired) electrons. The Balaban J connectivity index is 1.01. The van der Waals surface area contributed by atoms with Crippen molar-refractivity contribution in [3.8, 4) is 33.9 Å². The molecule has 0 amide bonds. The highest BCUT2D eigenvalue weighted by molar-refractivity contribution is 6.20. The van der Waals surface area contributed by atoms with Gasteiger partial charge in [-0.25, -0.2) is 0 Å². The predicted molar refractivity (Wildman–Crippen MR) is 269 cm³/mol. The first-order chi connectivity index (χ1) is 31.8. The number of hydrogen-bond donors (Lipinski definition) is 0. The van der Waals surface area contributed by atoms with Crippen LogP contribution in [-0.2, 0) is 0 Å². The zero-order chi connectivity index (χ0) is 41.9. The molecule has 298 valence electrons. The largest absolute Gasteiger partial charge is 0.309 e. The molecule has 4 heteroatoms. The van der Waals surface area contributed by atoms with Crippen molar-refractivity contribution in [2.75, 3.05) is 0 Å². The lowest BCUT2D eigenvalue weighted by atomic mass is 10.0. The number of benzene rings is 10. The Hall–Kier alpha value is -8.60. The number of fused-ring (bicyclic) bond motifs is 12. The van der Waals surface area contributed by atoms with E-state index in [2.05, 4.69) is 249 Å². The molecule has 4 nitrogen and oxygen atoms in total. The Morgan fingerprint density at radius 2 is 0.531 bits per heavy atom. The average Bonchev–Trinajstić information content (AvgIpc) is 4.08. The lowest BCUT2D eigenvalue weighted by molar-refractivity contribution is 1.15. The second-order valence-electron chi connectivity index (χ2n) is 16.9. The molecule has 4 heterocycles. The summed E-state index contributed by atoms with van der Waals surface area (Å²) in [6.07, 6.45) is 0. The number of aromatic nitrogens is 4. The molecule has 14 aromatic rings. The standard InChI is InChI=1S/C60H38N4/c1-2-18-39(19-3-1)61-53-29-13-8-25-46(53)49-37-50-47-26-10-17-33-57(47)64(60(50)38-59(49)61)55-31-15-7-23-44(55)43-22-6-14-30-54(43)63-56-32-16-9-24-45(56)48-36-40(34-35-58(48)63)62-51-27-11-4-20-41(51)42-21-5-12-28-52(42)62/h1-38H. The van der Waals surface area contributed by atoms with Gasteiger partial charge in [-0.1, -0.05) is 146 Å². The van der Waals surface area contributed by atoms with E-state index in [4.69, 9.17) is 0 Å². The van der Waals surface area contributed by atoms with Gasteiger partial charge in [0.15, 0.2) is 0 Å². The van der Waals surface area contributed by atoms with Gasteiger partial charge in [-0.2, -0.15) is 0 Å². The highest BCUT2D eigenvalue weighted by Gasteiger charge is 2.23. The fraction of sp³-hybridized carbons (Fsp3) is 0. The summed E-state index contributed by atoms with van der Waals surface area (Å²) in [6, 6.07) is 84.5. The van der Waals surface area contributed by atoms with Gasteiger partial charge in [0.2, 0.25) is 0 Å². The fourth-order valence-electron chi connectivity index (χ4n) is 10.9. The summed E-state index contributed by atoms with van der Waals surface area (Å²) < 4.78 is 9.80. The third kappa shape index (κ3) is 4.88. The van der Waals surface area contributed by atoms with E-state index in [0.29, 0.717) is 0 Å². The van der Waals surface area contributed by atoms with Crippen molar-refractivity contribution in [2.45, 2.75) is 0 Å². The number of para-hydroxylation sites is 8. The lowest BCUT2D eigenvalue weighted by Gasteiger charge is -2.18. The van der Waals surface area contributed by atoms with Crippen molar-refractivity contribution < 1.29 is 0 Å². The SMILES string of the molecule is c1ccc(-n2c3ccccc3c3cc4c5ccccc5n(-c5ccccc5-c5ccccc5-n5c6ccccc6c6cc(-n7c8ccccc8c8ccccc87)ccc65)c4cc32)cc1. The predicted octanol–water partition coefficient (Wildman–Crippen LogP) is 15.7. The van der Waals surface area contributed by atoms with Gasteiger partial charge in [0, 0.05) is 65.6 Å². The Morgan fingerprint density at radius 3 is 1.05 bits per heavy atom. The van der Waals surface area contributed by atoms with Gasteiger partial charge < -0.3 is 18.3 Å². The molecule has 0 aliphatic carbocycles. The Labute approximate surface area is 368 Å². The highest BCUT2D eigenvalue weighted by atomic mass is 15.0. The van der Waals surface area contributed by atoms with Crippen molar-refractivity contribution in [1.82, 2.24) is 18.3 Å². The van der Waals surface area contributed by atoms with Gasteiger partial charge in [-0.15, -0.1) is 0 Å². The summed E-state index contributed by atoms with van der Waals surface area (Å²) in [5, 5.41) is 9.95. The minimum atomic E-state index is 1.14. The molecule has 64 heavy (non-hydrogen) atoms. The van der Waals surface area contributed by atoms with Crippen LogP contribution in [0, 0.1) is 0 Å². The Kier molecular flexibility index (Phi) is 7.36. The molecule has 0 atom stereocenters. The van der Waals surface area contributed by atoms with Crippen LogP contribution >= 0.6 is 0 Å². The van der Waals surface area contributed by atoms with Crippen LogP contribution in [0.25, 0.3) is 121 Å². The van der Waals surface area contributed by atoms with Crippen molar-refractivity contribution in [1.29, 1.82) is 0 Å². The Morgan fingerprint density at radius 1 is 0.188 bits per heavy atom. The summed E-state index contributed by atoms with van der Waals surface area (Å²) >= 11 is 0. The summed E-state index contributed by atoms with van der Waals surface area (Å²) in [5.74, 6) is 0. The first-order valence-corrected chi connectivity index (χ1v) is 22.0. The van der Waals surface area contributed by atoms with E-state index in [1.54, 1.807) is 0 Å². The molecule has 14 rings (SSSR count). The van der Waals surface area contributed by atoms with Gasteiger partial charge in [-0.3, -0.25) is 0 Å². The molecule has 4 aromatic heterocycles. The van der Waals surface area contributed by atoms with Gasteiger partial charge in [0.05, 0.1) is 55.5 Å². The zero-order valence-corrected chi connectivity index (χ0v) is 34.7. The van der Waals surface area contributed by atoms with Crippen LogP contribution in [-0.4, -0.2) is 18.3 Å². The molecule has 0 saturated carbocycles. The van der Waals surface area contributed by atoms with E-state index in [0.717, 1.165) is 33.9 Å². The summed E-state index contributed by atoms with van der Waals surface area (Å²) in [6.45, 7) is 0. The number of nitrogens with zero attached hydrogens (tertiary/aromatic N) is 4. The molecule has 0 aliphatic rings. The molecular formula is C60H38N4. The van der Waals surface area contributed by atoms with Crippen molar-refractivity contribution in [3.05, 3.63) is 231 Å². The lowest BCUT2D eigenvalue weighted by Crippen LogP contribution is -2.01. The summed E-state index contributed by atoms with van der Waals surface area (Å²) in [7, 11) is 0. The second kappa shape index (κ2) is 13.4. The third-order valence-corrected chi connectivity index (χ3v) is 13.6. The second-order valence-corrected chi connectivity index (χ2v) is 16.9. The minimum absolute atomic E-state index is 1.14. The van der Waals surface area contributed by atoms with Crippen LogP contribution in [0.5, 0.6) is 0 Å². The van der Waals surface area contributed by atoms with Crippen molar-refractivity contribution in [2.24, 2.45) is 0 Å². The topological polar surface area (TPSA) is 19.7 Å². The molecular weight excluding hydrogens is 777 g/mol. The summed E-state index contributed by atoms with van der Waals surface area (Å²) in [5.41, 5.74) is 16.4. The van der Waals surface area contributed by atoms with E-state index >= 15 is 0 Å². The molecule has 0 unspecified atom stereocenters. The zero-order valence-electron chi connectivity index (χ0n) is 34.7. The Bertz CT molecular complexity index is 4140. The molecule has 10 aromatic carbocycles. The fourth-order valence-corrected chi connectivity index (χ4v) is 10.9. The molecule has 0 spiro atoms. The first kappa shape index (κ1) is 35.0. The van der Waals surface area contributed by atoms with Crippen molar-refractivity contribution >= 4 is 87.2 Å². The van der Waals surface area contributed by atoms with Crippen LogP contribution in [0.15, 0.2) is 231 Å². The molecule has 0 saturated heterocycles. The van der Waals surface area contributed by atoms with E-state index in [-0.39, 0.29) is 0 Å². The smallest absolute Gasteiger partial charge is 0.0562 e. The van der Waals surface area contributed by atoms with Crippen LogP contribution in [0.3, 0.4) is 0 Å². The number of rotatable bonds is 5. The van der Waals surface area contributed by atoms with Gasteiger partial charge >= 0.3 is 0 Å². The first-order valence-electron chi connectivity index (χ1n) is 22.0. The van der Waals surface area contributed by atoms with E-state index in [9.17, 15) is 0 Å². The van der Waals surface area contributed by atoms with E-state index in [1.165, 1.54) is 87.2 Å². The maximum atomic E-state index is 2.49. The molecule has 0 fully saturated rings. The molecule has 0 bridgehead atoms. The van der Waals surface area contributed by atoms with E-state index in [1.807, 2.05) is 0 Å². The maximum absolute atomic E-state index is 2.49. The van der Waals surface area contributed by atoms with E-state index < -0.39 is 0 Å². The number of hydrogen-bond acceptors (Lipinski definition) is 0.